The molecule has 0 aliphatic carbocycles. The third kappa shape index (κ3) is 1.55. The first kappa shape index (κ1) is 11.1. The lowest BCUT2D eigenvalue weighted by molar-refractivity contribution is 0.281. The zero-order valence-corrected chi connectivity index (χ0v) is 10.4. The number of aromatic nitrogens is 2. The summed E-state index contributed by atoms with van der Waals surface area (Å²) in [5, 5.41) is 0. The highest BCUT2D eigenvalue weighted by Crippen LogP contribution is 2.34. The second kappa shape index (κ2) is 4.03. The predicted octanol–water partition coefficient (Wildman–Crippen LogP) is 1.79. The quantitative estimate of drug-likeness (QED) is 0.876. The Labute approximate surface area is 105 Å². The summed E-state index contributed by atoms with van der Waals surface area (Å²) in [6.45, 7) is 2.41. The number of ether oxygens (including phenoxy) is 2. The number of rotatable bonds is 2. The van der Waals surface area contributed by atoms with E-state index >= 15 is 0 Å². The molecule has 5 nitrogen and oxygen atoms in total. The van der Waals surface area contributed by atoms with Gasteiger partial charge in [-0.05, 0) is 19.1 Å². The summed E-state index contributed by atoms with van der Waals surface area (Å²) >= 11 is 0. The smallest absolute Gasteiger partial charge is 0.147 e. The molecule has 1 aromatic carbocycles. The largest absolute Gasteiger partial charge is 0.497 e. The molecule has 5 heteroatoms. The molecule has 0 saturated heterocycles. The van der Waals surface area contributed by atoms with Crippen LogP contribution in [0, 0.1) is 0 Å². The minimum Gasteiger partial charge on any atom is -0.497 e. The first-order valence-corrected chi connectivity index (χ1v) is 5.83. The summed E-state index contributed by atoms with van der Waals surface area (Å²) in [5.41, 5.74) is 8.77. The molecule has 0 unspecified atom stereocenters. The molecule has 2 heterocycles. The fraction of sp³-hybridized carbons (Fsp3) is 0.308. The van der Waals surface area contributed by atoms with Crippen molar-refractivity contribution in [2.75, 3.05) is 7.11 Å². The van der Waals surface area contributed by atoms with Crippen LogP contribution in [0.15, 0.2) is 24.5 Å². The maximum Gasteiger partial charge on any atom is 0.147 e. The lowest BCUT2D eigenvalue weighted by Crippen LogP contribution is -2.16. The van der Waals surface area contributed by atoms with Crippen molar-refractivity contribution in [3.63, 3.8) is 0 Å². The van der Waals surface area contributed by atoms with Gasteiger partial charge in [-0.1, -0.05) is 0 Å². The topological polar surface area (TPSA) is 62.3 Å². The van der Waals surface area contributed by atoms with Gasteiger partial charge in [0, 0.05) is 12.1 Å². The average Bonchev–Trinajstić information content (AvgIpc) is 2.82. The average molecular weight is 245 g/mol. The van der Waals surface area contributed by atoms with Gasteiger partial charge in [-0.3, -0.25) is 4.57 Å². The normalized spacial score (nSPS) is 14.4. The fourth-order valence-electron chi connectivity index (χ4n) is 2.20. The summed E-state index contributed by atoms with van der Waals surface area (Å²) in [6, 6.07) is 5.65. The van der Waals surface area contributed by atoms with Gasteiger partial charge >= 0.3 is 0 Å². The highest BCUT2D eigenvalue weighted by atomic mass is 16.5. The van der Waals surface area contributed by atoms with Crippen molar-refractivity contribution in [2.24, 2.45) is 5.73 Å². The number of hydrogen-bond acceptors (Lipinski definition) is 4. The number of nitrogens with two attached hydrogens (primary N) is 1. The summed E-state index contributed by atoms with van der Waals surface area (Å²) in [4.78, 5) is 4.37. The SMILES string of the molecule is COc1ccc2c(c1)OCc1c([C@H](C)N)ncn1-2. The number of benzene rings is 1. The van der Waals surface area contributed by atoms with E-state index in [-0.39, 0.29) is 6.04 Å². The molecule has 18 heavy (non-hydrogen) atoms. The standard InChI is InChI=1S/C13H15N3O2/c1-8(14)13-11-6-18-12-5-9(17-2)3-4-10(12)16(11)7-15-13/h3-5,7-8H,6,14H2,1-2H3/t8-/m0/s1. The summed E-state index contributed by atoms with van der Waals surface area (Å²) in [6.07, 6.45) is 1.79. The van der Waals surface area contributed by atoms with Gasteiger partial charge in [0.2, 0.25) is 0 Å². The zero-order valence-electron chi connectivity index (χ0n) is 10.4. The van der Waals surface area contributed by atoms with Crippen LogP contribution in [0.1, 0.15) is 24.4 Å². The number of fused-ring (bicyclic) bond motifs is 3. The molecule has 1 aliphatic heterocycles. The molecule has 2 aromatic rings. The lowest BCUT2D eigenvalue weighted by atomic mass is 10.1. The van der Waals surface area contributed by atoms with Crippen LogP contribution in [0.3, 0.4) is 0 Å². The molecule has 0 radical (unpaired) electrons. The first-order chi connectivity index (χ1) is 8.70. The van der Waals surface area contributed by atoms with Crippen LogP contribution < -0.4 is 15.2 Å². The van der Waals surface area contributed by atoms with Crippen molar-refractivity contribution < 1.29 is 9.47 Å². The maximum atomic E-state index is 5.90. The van der Waals surface area contributed by atoms with Gasteiger partial charge in [-0.2, -0.15) is 0 Å². The van der Waals surface area contributed by atoms with E-state index in [1.165, 1.54) is 0 Å². The Hall–Kier alpha value is -2.01. The van der Waals surface area contributed by atoms with Crippen molar-refractivity contribution in [1.29, 1.82) is 0 Å². The second-order valence-corrected chi connectivity index (χ2v) is 4.36. The Morgan fingerprint density at radius 2 is 2.33 bits per heavy atom. The van der Waals surface area contributed by atoms with Crippen LogP contribution in [0.25, 0.3) is 5.69 Å². The van der Waals surface area contributed by atoms with Gasteiger partial charge in [0.05, 0.1) is 24.2 Å². The third-order valence-electron chi connectivity index (χ3n) is 3.12. The van der Waals surface area contributed by atoms with E-state index in [1.54, 1.807) is 13.4 Å². The molecule has 94 valence electrons. The number of imidazole rings is 1. The number of methoxy groups -OCH3 is 1. The van der Waals surface area contributed by atoms with Crippen LogP contribution in [0.5, 0.6) is 11.5 Å². The van der Waals surface area contributed by atoms with Crippen molar-refractivity contribution in [1.82, 2.24) is 9.55 Å². The van der Waals surface area contributed by atoms with Gasteiger partial charge in [0.25, 0.3) is 0 Å². The number of nitrogens with zero attached hydrogens (tertiary/aromatic N) is 2. The third-order valence-corrected chi connectivity index (χ3v) is 3.12. The Bertz CT molecular complexity index is 590. The molecule has 0 saturated carbocycles. The molecule has 1 aliphatic rings. The van der Waals surface area contributed by atoms with E-state index in [0.29, 0.717) is 6.61 Å². The Morgan fingerprint density at radius 1 is 1.50 bits per heavy atom. The molecule has 1 aromatic heterocycles. The van der Waals surface area contributed by atoms with Gasteiger partial charge in [-0.25, -0.2) is 4.98 Å². The molecule has 0 bridgehead atoms. The maximum absolute atomic E-state index is 5.90. The molecule has 3 rings (SSSR count). The monoisotopic (exact) mass is 245 g/mol. The zero-order chi connectivity index (χ0) is 12.7. The highest BCUT2D eigenvalue weighted by molar-refractivity contribution is 5.53. The molecule has 2 N–H and O–H groups in total. The molecule has 0 fully saturated rings. The van der Waals surface area contributed by atoms with Crippen molar-refractivity contribution >= 4 is 0 Å². The second-order valence-electron chi connectivity index (χ2n) is 4.36. The van der Waals surface area contributed by atoms with Crippen molar-refractivity contribution in [3.8, 4) is 17.2 Å². The predicted molar refractivity (Wildman–Crippen MR) is 67.1 cm³/mol. The van der Waals surface area contributed by atoms with E-state index < -0.39 is 0 Å². The van der Waals surface area contributed by atoms with Gasteiger partial charge < -0.3 is 15.2 Å². The van der Waals surface area contributed by atoms with Crippen molar-refractivity contribution in [3.05, 3.63) is 35.9 Å². The van der Waals surface area contributed by atoms with Crippen LogP contribution in [-0.2, 0) is 6.61 Å². The lowest BCUT2D eigenvalue weighted by Gasteiger charge is -2.21. The molecule has 0 amide bonds. The van der Waals surface area contributed by atoms with E-state index in [1.807, 2.05) is 29.7 Å². The van der Waals surface area contributed by atoms with Crippen LogP contribution in [-0.4, -0.2) is 16.7 Å². The van der Waals surface area contributed by atoms with Gasteiger partial charge in [0.15, 0.2) is 0 Å². The Balaban J connectivity index is 2.12. The van der Waals surface area contributed by atoms with Crippen LogP contribution in [0.2, 0.25) is 0 Å². The minimum atomic E-state index is -0.0929. The molecular formula is C13H15N3O2. The highest BCUT2D eigenvalue weighted by Gasteiger charge is 2.22. The minimum absolute atomic E-state index is 0.0929. The Morgan fingerprint density at radius 3 is 3.06 bits per heavy atom. The number of hydrogen-bond donors (Lipinski definition) is 1. The fourth-order valence-corrected chi connectivity index (χ4v) is 2.20. The van der Waals surface area contributed by atoms with Gasteiger partial charge in [-0.15, -0.1) is 0 Å². The summed E-state index contributed by atoms with van der Waals surface area (Å²) < 4.78 is 13.0. The summed E-state index contributed by atoms with van der Waals surface area (Å²) in [5.74, 6) is 1.58. The molecule has 0 spiro atoms. The summed E-state index contributed by atoms with van der Waals surface area (Å²) in [7, 11) is 1.64. The van der Waals surface area contributed by atoms with Crippen LogP contribution in [0.4, 0.5) is 0 Å². The van der Waals surface area contributed by atoms with E-state index in [2.05, 4.69) is 4.98 Å². The van der Waals surface area contributed by atoms with E-state index in [4.69, 9.17) is 15.2 Å². The van der Waals surface area contributed by atoms with Crippen LogP contribution >= 0.6 is 0 Å². The first-order valence-electron chi connectivity index (χ1n) is 5.83. The molecular weight excluding hydrogens is 230 g/mol. The van der Waals surface area contributed by atoms with Crippen molar-refractivity contribution in [2.45, 2.75) is 19.6 Å². The molecule has 1 atom stereocenters. The van der Waals surface area contributed by atoms with E-state index in [0.717, 1.165) is 28.6 Å². The Kier molecular flexibility index (Phi) is 2.48. The van der Waals surface area contributed by atoms with Gasteiger partial charge in [0.1, 0.15) is 24.4 Å². The van der Waals surface area contributed by atoms with E-state index in [9.17, 15) is 0 Å².